The predicted molar refractivity (Wildman–Crippen MR) is 30.1 cm³/mol. The minimum Gasteiger partial charge on any atom is -0.248 e. The topological polar surface area (TPSA) is 0 Å². The lowest BCUT2D eigenvalue weighted by atomic mass is 10.2. The molecule has 0 heterocycles. The second-order valence-corrected chi connectivity index (χ2v) is 1.90. The molecule has 0 amide bonds. The van der Waals surface area contributed by atoms with Gasteiger partial charge in [-0.2, -0.15) is 0 Å². The lowest BCUT2D eigenvalue weighted by molar-refractivity contribution is 0.232. The first-order valence-corrected chi connectivity index (χ1v) is 2.74. The van der Waals surface area contributed by atoms with Crippen LogP contribution in [0.25, 0.3) is 0 Å². The molecule has 8 heavy (non-hydrogen) atoms. The third kappa shape index (κ3) is 4.03. The zero-order valence-corrected chi connectivity index (χ0v) is 5.03. The van der Waals surface area contributed by atoms with Gasteiger partial charge in [0, 0.05) is 6.42 Å². The van der Waals surface area contributed by atoms with Gasteiger partial charge in [0.1, 0.15) is 12.3 Å². The third-order valence-corrected chi connectivity index (χ3v) is 0.894. The van der Waals surface area contributed by atoms with Crippen molar-refractivity contribution in [2.45, 2.75) is 32.1 Å². The van der Waals surface area contributed by atoms with Crippen LogP contribution in [0.2, 0.25) is 0 Å². The van der Waals surface area contributed by atoms with Crippen molar-refractivity contribution < 1.29 is 8.78 Å². The standard InChI is InChI=1S/C6H11F2/c1-3-6(8)4-5(2)7/h5-6H,1,3-4H2,2H3/t5?,6-/m0/s1. The maximum atomic E-state index is 12.1. The smallest absolute Gasteiger partial charge is 0.103 e. The zero-order chi connectivity index (χ0) is 6.57. The molecule has 0 nitrogen and oxygen atoms in total. The highest BCUT2D eigenvalue weighted by Crippen LogP contribution is 2.07. The Bertz CT molecular complexity index is 52.5. The molecule has 0 spiro atoms. The monoisotopic (exact) mass is 121 g/mol. The summed E-state index contributed by atoms with van der Waals surface area (Å²) in [6.45, 7) is 4.65. The highest BCUT2D eigenvalue weighted by atomic mass is 19.1. The Morgan fingerprint density at radius 2 is 2.00 bits per heavy atom. The molecule has 0 aromatic carbocycles. The Morgan fingerprint density at radius 1 is 1.50 bits per heavy atom. The fourth-order valence-electron chi connectivity index (χ4n) is 0.470. The van der Waals surface area contributed by atoms with Crippen LogP contribution in [-0.2, 0) is 0 Å². The van der Waals surface area contributed by atoms with Crippen molar-refractivity contribution in [1.82, 2.24) is 0 Å². The molecule has 0 aromatic heterocycles. The van der Waals surface area contributed by atoms with Gasteiger partial charge in [-0.25, -0.2) is 8.78 Å². The largest absolute Gasteiger partial charge is 0.248 e. The average molecular weight is 121 g/mol. The van der Waals surface area contributed by atoms with Crippen LogP contribution in [0, 0.1) is 6.92 Å². The Morgan fingerprint density at radius 3 is 2.12 bits per heavy atom. The number of alkyl halides is 2. The Balaban J connectivity index is 3.10. The van der Waals surface area contributed by atoms with Gasteiger partial charge in [-0.15, -0.1) is 0 Å². The molecule has 0 aliphatic carbocycles. The molecule has 0 bridgehead atoms. The fraction of sp³-hybridized carbons (Fsp3) is 0.833. The van der Waals surface area contributed by atoms with Gasteiger partial charge >= 0.3 is 0 Å². The van der Waals surface area contributed by atoms with Gasteiger partial charge < -0.3 is 0 Å². The fourth-order valence-corrected chi connectivity index (χ4v) is 0.470. The van der Waals surface area contributed by atoms with E-state index in [1.165, 1.54) is 6.92 Å². The van der Waals surface area contributed by atoms with E-state index in [2.05, 4.69) is 6.92 Å². The van der Waals surface area contributed by atoms with Crippen molar-refractivity contribution in [3.05, 3.63) is 6.92 Å². The molecule has 0 rings (SSSR count). The molecule has 0 aliphatic heterocycles. The van der Waals surface area contributed by atoms with Gasteiger partial charge in [0.15, 0.2) is 0 Å². The van der Waals surface area contributed by atoms with E-state index < -0.39 is 12.3 Å². The van der Waals surface area contributed by atoms with E-state index in [4.69, 9.17) is 0 Å². The second kappa shape index (κ2) is 3.81. The third-order valence-electron chi connectivity index (χ3n) is 0.894. The van der Waals surface area contributed by atoms with E-state index >= 15 is 0 Å². The van der Waals surface area contributed by atoms with Crippen LogP contribution in [0.3, 0.4) is 0 Å². The van der Waals surface area contributed by atoms with Crippen LogP contribution in [0.5, 0.6) is 0 Å². The molecular weight excluding hydrogens is 110 g/mol. The van der Waals surface area contributed by atoms with Crippen molar-refractivity contribution in [3.8, 4) is 0 Å². The molecule has 0 N–H and O–H groups in total. The van der Waals surface area contributed by atoms with Crippen LogP contribution in [-0.4, -0.2) is 12.3 Å². The van der Waals surface area contributed by atoms with Crippen LogP contribution < -0.4 is 0 Å². The minimum absolute atomic E-state index is 0.0104. The summed E-state index contributed by atoms with van der Waals surface area (Å²) in [5, 5.41) is 0. The van der Waals surface area contributed by atoms with E-state index in [-0.39, 0.29) is 12.8 Å². The molecule has 0 fully saturated rings. The highest BCUT2D eigenvalue weighted by molar-refractivity contribution is 4.60. The van der Waals surface area contributed by atoms with Gasteiger partial charge in [0.05, 0.1) is 0 Å². The lowest BCUT2D eigenvalue weighted by Gasteiger charge is -2.03. The van der Waals surface area contributed by atoms with Crippen molar-refractivity contribution >= 4 is 0 Å². The molecule has 2 atom stereocenters. The average Bonchev–Trinajstić information content (AvgIpc) is 1.65. The predicted octanol–water partition coefficient (Wildman–Crippen LogP) is 2.30. The van der Waals surface area contributed by atoms with Crippen molar-refractivity contribution in [3.63, 3.8) is 0 Å². The molecule has 2 heteroatoms. The van der Waals surface area contributed by atoms with Crippen LogP contribution in [0.1, 0.15) is 19.8 Å². The number of halogens is 2. The maximum Gasteiger partial charge on any atom is 0.103 e. The van der Waals surface area contributed by atoms with Gasteiger partial charge in [0.25, 0.3) is 0 Å². The first kappa shape index (κ1) is 7.86. The number of rotatable bonds is 3. The SMILES string of the molecule is [CH2]C[C@H](F)CC(C)F. The maximum absolute atomic E-state index is 12.1. The van der Waals surface area contributed by atoms with E-state index in [0.29, 0.717) is 0 Å². The summed E-state index contributed by atoms with van der Waals surface area (Å²) < 4.78 is 24.0. The summed E-state index contributed by atoms with van der Waals surface area (Å²) in [5.74, 6) is 0. The second-order valence-electron chi connectivity index (χ2n) is 1.90. The summed E-state index contributed by atoms with van der Waals surface area (Å²) in [4.78, 5) is 0. The van der Waals surface area contributed by atoms with E-state index in [1.54, 1.807) is 0 Å². The van der Waals surface area contributed by atoms with Crippen molar-refractivity contribution in [2.75, 3.05) is 0 Å². The molecule has 1 unspecified atom stereocenters. The summed E-state index contributed by atoms with van der Waals surface area (Å²) in [7, 11) is 0. The van der Waals surface area contributed by atoms with Gasteiger partial charge in [-0.05, 0) is 13.3 Å². The Labute approximate surface area is 48.9 Å². The molecule has 1 radical (unpaired) electrons. The summed E-state index contributed by atoms with van der Waals surface area (Å²) in [6, 6.07) is 0. The summed E-state index contributed by atoms with van der Waals surface area (Å²) in [6.07, 6.45) is -1.93. The Kier molecular flexibility index (Phi) is 3.75. The highest BCUT2D eigenvalue weighted by Gasteiger charge is 2.07. The quantitative estimate of drug-likeness (QED) is 0.537. The lowest BCUT2D eigenvalue weighted by Crippen LogP contribution is -2.05. The van der Waals surface area contributed by atoms with Crippen molar-refractivity contribution in [2.24, 2.45) is 0 Å². The van der Waals surface area contributed by atoms with E-state index in [0.717, 1.165) is 0 Å². The van der Waals surface area contributed by atoms with Crippen LogP contribution in [0.4, 0.5) is 8.78 Å². The number of hydrogen-bond acceptors (Lipinski definition) is 0. The van der Waals surface area contributed by atoms with E-state index in [9.17, 15) is 8.78 Å². The summed E-state index contributed by atoms with van der Waals surface area (Å²) >= 11 is 0. The van der Waals surface area contributed by atoms with Gasteiger partial charge in [-0.3, -0.25) is 0 Å². The normalized spacial score (nSPS) is 18.0. The van der Waals surface area contributed by atoms with Crippen LogP contribution >= 0.6 is 0 Å². The minimum atomic E-state index is -1.06. The first-order chi connectivity index (χ1) is 3.66. The Hall–Kier alpha value is -0.140. The van der Waals surface area contributed by atoms with Crippen LogP contribution in [0.15, 0.2) is 0 Å². The van der Waals surface area contributed by atoms with Gasteiger partial charge in [-0.1, -0.05) is 6.92 Å². The molecule has 0 aliphatic rings. The number of hydrogen-bond donors (Lipinski definition) is 0. The molecule has 0 aromatic rings. The zero-order valence-electron chi connectivity index (χ0n) is 5.03. The molecule has 0 saturated heterocycles. The molecule has 0 saturated carbocycles. The first-order valence-electron chi connectivity index (χ1n) is 2.74. The molecular formula is C6H11F2. The van der Waals surface area contributed by atoms with Crippen molar-refractivity contribution in [1.29, 1.82) is 0 Å². The summed E-state index contributed by atoms with van der Waals surface area (Å²) in [5.41, 5.74) is 0. The van der Waals surface area contributed by atoms with E-state index in [1.807, 2.05) is 0 Å². The van der Waals surface area contributed by atoms with Gasteiger partial charge in [0.2, 0.25) is 0 Å². The molecule has 49 valence electrons.